The topological polar surface area (TPSA) is 80.7 Å². The number of morpholine rings is 1. The van der Waals surface area contributed by atoms with E-state index in [9.17, 15) is 9.59 Å². The second-order valence-electron chi connectivity index (χ2n) is 8.82. The summed E-state index contributed by atoms with van der Waals surface area (Å²) in [6.45, 7) is 11.0. The molecule has 2 aliphatic rings. The van der Waals surface area contributed by atoms with Gasteiger partial charge in [0, 0.05) is 25.2 Å². The number of rotatable bonds is 8. The van der Waals surface area contributed by atoms with E-state index in [4.69, 9.17) is 19.2 Å². The van der Waals surface area contributed by atoms with Crippen LogP contribution >= 0.6 is 11.8 Å². The second kappa shape index (κ2) is 12.3. The normalized spacial score (nSPS) is 18.2. The first-order valence-corrected chi connectivity index (χ1v) is 13.4. The molecule has 37 heavy (non-hydrogen) atoms. The number of amidine groups is 1. The van der Waals surface area contributed by atoms with Gasteiger partial charge in [0.2, 0.25) is 0 Å². The summed E-state index contributed by atoms with van der Waals surface area (Å²) >= 11 is 1.32. The van der Waals surface area contributed by atoms with Gasteiger partial charge in [0.25, 0.3) is 11.8 Å². The molecule has 2 aromatic carbocycles. The number of thioether (sulfide) groups is 1. The third-order valence-corrected chi connectivity index (χ3v) is 6.76. The van der Waals surface area contributed by atoms with E-state index in [1.165, 1.54) is 11.8 Å². The highest BCUT2D eigenvalue weighted by Gasteiger charge is 2.32. The van der Waals surface area contributed by atoms with Crippen LogP contribution in [0.4, 0.5) is 5.69 Å². The fourth-order valence-electron chi connectivity index (χ4n) is 4.02. The predicted octanol–water partition coefficient (Wildman–Crippen LogP) is 4.97. The minimum absolute atomic E-state index is 0.0231. The molecule has 8 nitrogen and oxygen atoms in total. The lowest BCUT2D eigenvalue weighted by Gasteiger charge is -2.26. The van der Waals surface area contributed by atoms with Gasteiger partial charge in [-0.05, 0) is 81.4 Å². The molecular formula is C28H33N3O5S. The van der Waals surface area contributed by atoms with Crippen molar-refractivity contribution in [2.45, 2.75) is 33.8 Å². The Morgan fingerprint density at radius 2 is 1.92 bits per heavy atom. The Hall–Kier alpha value is -3.30. The van der Waals surface area contributed by atoms with Gasteiger partial charge in [-0.25, -0.2) is 4.99 Å². The Morgan fingerprint density at radius 3 is 2.62 bits per heavy atom. The van der Waals surface area contributed by atoms with Crippen LogP contribution < -0.4 is 9.47 Å². The van der Waals surface area contributed by atoms with Crippen molar-refractivity contribution in [3.8, 4) is 11.5 Å². The zero-order valence-corrected chi connectivity index (χ0v) is 22.5. The lowest BCUT2D eigenvalue weighted by atomic mass is 10.1. The third-order valence-electron chi connectivity index (χ3n) is 5.75. The number of benzene rings is 2. The Kier molecular flexibility index (Phi) is 8.89. The highest BCUT2D eigenvalue weighted by Crippen LogP contribution is 2.36. The predicted molar refractivity (Wildman–Crippen MR) is 147 cm³/mol. The summed E-state index contributed by atoms with van der Waals surface area (Å²) in [4.78, 5) is 34.8. The van der Waals surface area contributed by atoms with E-state index >= 15 is 0 Å². The quantitative estimate of drug-likeness (QED) is 0.455. The molecular weight excluding hydrogens is 490 g/mol. The maximum Gasteiger partial charge on any atom is 0.266 e. The van der Waals surface area contributed by atoms with Crippen LogP contribution in [0, 0.1) is 0 Å². The summed E-state index contributed by atoms with van der Waals surface area (Å²) in [5.74, 6) is 1.17. The molecule has 9 heteroatoms. The number of likely N-dealkylation sites (N-methyl/N-ethyl adjacent to an activating group) is 1. The summed E-state index contributed by atoms with van der Waals surface area (Å²) in [7, 11) is 0. The van der Waals surface area contributed by atoms with Crippen molar-refractivity contribution in [1.29, 1.82) is 0 Å². The van der Waals surface area contributed by atoms with Crippen LogP contribution in [0.25, 0.3) is 6.08 Å². The number of carbonyl (C=O) groups is 2. The monoisotopic (exact) mass is 523 g/mol. The van der Waals surface area contributed by atoms with Crippen LogP contribution in [0.15, 0.2) is 52.4 Å². The van der Waals surface area contributed by atoms with Crippen LogP contribution in [0.3, 0.4) is 0 Å². The fourth-order valence-corrected chi connectivity index (χ4v) is 5.09. The molecule has 0 unspecified atom stereocenters. The minimum Gasteiger partial charge on any atom is -0.490 e. The number of hydrogen-bond donors (Lipinski definition) is 0. The van der Waals surface area contributed by atoms with Crippen LogP contribution in [0.5, 0.6) is 11.5 Å². The number of nitrogens with zero attached hydrogens (tertiary/aromatic N) is 3. The maximum absolute atomic E-state index is 13.2. The van der Waals surface area contributed by atoms with E-state index in [1.807, 2.05) is 64.1 Å². The molecule has 196 valence electrons. The van der Waals surface area contributed by atoms with Gasteiger partial charge < -0.3 is 19.1 Å². The standard InChI is InChI=1S/C28H33N3O5S/c1-5-31-27(33)25(17-20-10-11-23(36-19(3)4)24(16-20)35-6-2)37-28(31)29-22-9-7-8-21(18-22)26(32)30-12-14-34-15-13-30/h7-11,16-19H,5-6,12-15H2,1-4H3/b25-17+,29-28?. The van der Waals surface area contributed by atoms with Gasteiger partial charge >= 0.3 is 0 Å². The molecule has 2 fully saturated rings. The molecule has 2 aromatic rings. The average molecular weight is 524 g/mol. The molecule has 4 rings (SSSR count). The number of amides is 2. The number of carbonyl (C=O) groups excluding carboxylic acids is 2. The van der Waals surface area contributed by atoms with Crippen molar-refractivity contribution in [3.05, 3.63) is 58.5 Å². The molecule has 0 saturated carbocycles. The largest absolute Gasteiger partial charge is 0.490 e. The van der Waals surface area contributed by atoms with Crippen LogP contribution in [0.1, 0.15) is 43.6 Å². The number of aliphatic imine (C=N–C) groups is 1. The Morgan fingerprint density at radius 1 is 1.14 bits per heavy atom. The Balaban J connectivity index is 1.58. The van der Waals surface area contributed by atoms with Gasteiger partial charge in [0.15, 0.2) is 16.7 Å². The molecule has 0 radical (unpaired) electrons. The van der Waals surface area contributed by atoms with Gasteiger partial charge in [-0.1, -0.05) is 12.1 Å². The van der Waals surface area contributed by atoms with E-state index in [2.05, 4.69) is 0 Å². The van der Waals surface area contributed by atoms with E-state index in [1.54, 1.807) is 21.9 Å². The molecule has 2 aliphatic heterocycles. The summed E-state index contributed by atoms with van der Waals surface area (Å²) in [6, 6.07) is 12.9. The summed E-state index contributed by atoms with van der Waals surface area (Å²) < 4.78 is 17.0. The van der Waals surface area contributed by atoms with Crippen molar-refractivity contribution in [2.24, 2.45) is 4.99 Å². The molecule has 0 aliphatic carbocycles. The molecule has 2 amide bonds. The molecule has 2 heterocycles. The van der Waals surface area contributed by atoms with E-state index < -0.39 is 0 Å². The maximum atomic E-state index is 13.2. The number of ether oxygens (including phenoxy) is 3. The zero-order chi connectivity index (χ0) is 26.4. The Labute approximate surface area is 222 Å². The van der Waals surface area contributed by atoms with Crippen molar-refractivity contribution in [3.63, 3.8) is 0 Å². The van der Waals surface area contributed by atoms with E-state index in [0.29, 0.717) is 72.3 Å². The van der Waals surface area contributed by atoms with Crippen molar-refractivity contribution >= 4 is 40.5 Å². The molecule has 0 N–H and O–H groups in total. The highest BCUT2D eigenvalue weighted by atomic mass is 32.2. The first kappa shape index (κ1) is 26.8. The molecule has 0 spiro atoms. The lowest BCUT2D eigenvalue weighted by molar-refractivity contribution is -0.122. The van der Waals surface area contributed by atoms with E-state index in [0.717, 1.165) is 5.56 Å². The summed E-state index contributed by atoms with van der Waals surface area (Å²) in [6.07, 6.45) is 1.87. The molecule has 0 bridgehead atoms. The first-order valence-electron chi connectivity index (χ1n) is 12.6. The first-order chi connectivity index (χ1) is 17.9. The van der Waals surface area contributed by atoms with Crippen molar-refractivity contribution in [1.82, 2.24) is 9.80 Å². The van der Waals surface area contributed by atoms with Gasteiger partial charge in [0.05, 0.1) is 36.5 Å². The van der Waals surface area contributed by atoms with E-state index in [-0.39, 0.29) is 17.9 Å². The second-order valence-corrected chi connectivity index (χ2v) is 9.82. The SMILES string of the molecule is CCOc1cc(/C=C2/SC(=Nc3cccc(C(=O)N4CCOCC4)c3)N(CC)C2=O)ccc1OC(C)C. The van der Waals surface area contributed by atoms with Gasteiger partial charge in [-0.15, -0.1) is 0 Å². The van der Waals surface area contributed by atoms with Crippen molar-refractivity contribution in [2.75, 3.05) is 39.5 Å². The molecule has 2 saturated heterocycles. The van der Waals surface area contributed by atoms with Gasteiger partial charge in [-0.2, -0.15) is 0 Å². The minimum atomic E-state index is -0.104. The summed E-state index contributed by atoms with van der Waals surface area (Å²) in [5.41, 5.74) is 2.04. The lowest BCUT2D eigenvalue weighted by Crippen LogP contribution is -2.40. The Bertz CT molecular complexity index is 1200. The fraction of sp³-hybridized carbons (Fsp3) is 0.393. The highest BCUT2D eigenvalue weighted by molar-refractivity contribution is 8.18. The van der Waals surface area contributed by atoms with Gasteiger partial charge in [0.1, 0.15) is 0 Å². The smallest absolute Gasteiger partial charge is 0.266 e. The summed E-state index contributed by atoms with van der Waals surface area (Å²) in [5, 5.41) is 0.583. The average Bonchev–Trinajstić information content (AvgIpc) is 3.19. The number of hydrogen-bond acceptors (Lipinski definition) is 7. The van der Waals surface area contributed by atoms with Gasteiger partial charge in [-0.3, -0.25) is 14.5 Å². The molecule has 0 atom stereocenters. The third kappa shape index (κ3) is 6.53. The van der Waals surface area contributed by atoms with Crippen molar-refractivity contribution < 1.29 is 23.8 Å². The van der Waals surface area contributed by atoms with Crippen LogP contribution in [-0.4, -0.2) is 72.3 Å². The van der Waals surface area contributed by atoms with Crippen LogP contribution in [0.2, 0.25) is 0 Å². The molecule has 0 aromatic heterocycles. The van der Waals surface area contributed by atoms with Crippen LogP contribution in [-0.2, 0) is 9.53 Å². The zero-order valence-electron chi connectivity index (χ0n) is 21.7.